The summed E-state index contributed by atoms with van der Waals surface area (Å²) in [5.41, 5.74) is 2.73. The maximum absolute atomic E-state index is 12.5. The minimum atomic E-state index is -0.528. The van der Waals surface area contributed by atoms with E-state index in [0.717, 1.165) is 11.1 Å². The summed E-state index contributed by atoms with van der Waals surface area (Å²) < 4.78 is 22.8. The first-order chi connectivity index (χ1) is 13.5. The minimum absolute atomic E-state index is 0.214. The van der Waals surface area contributed by atoms with E-state index in [0.29, 0.717) is 11.1 Å². The van der Waals surface area contributed by atoms with Crippen molar-refractivity contribution in [1.29, 1.82) is 0 Å². The van der Waals surface area contributed by atoms with E-state index in [2.05, 4.69) is 0 Å². The molecule has 2 aromatic rings. The summed E-state index contributed by atoms with van der Waals surface area (Å²) in [7, 11) is 0. The van der Waals surface area contributed by atoms with Gasteiger partial charge in [-0.1, -0.05) is 36.4 Å². The molecule has 6 nitrogen and oxygen atoms in total. The van der Waals surface area contributed by atoms with E-state index in [-0.39, 0.29) is 13.2 Å². The molecule has 4 rings (SSSR count). The van der Waals surface area contributed by atoms with Crippen LogP contribution in [0.4, 0.5) is 0 Å². The highest BCUT2D eigenvalue weighted by Crippen LogP contribution is 2.31. The Morgan fingerprint density at radius 1 is 0.750 bits per heavy atom. The van der Waals surface area contributed by atoms with Crippen LogP contribution >= 0.6 is 0 Å². The Bertz CT molecular complexity index is 819. The van der Waals surface area contributed by atoms with Crippen molar-refractivity contribution in [2.45, 2.75) is 38.3 Å². The number of benzene rings is 2. The second-order valence-electron chi connectivity index (χ2n) is 7.11. The minimum Gasteiger partial charge on any atom is -0.453 e. The van der Waals surface area contributed by atoms with Gasteiger partial charge in [-0.25, -0.2) is 9.59 Å². The van der Waals surface area contributed by atoms with Gasteiger partial charge in [0.05, 0.1) is 24.3 Å². The van der Waals surface area contributed by atoms with Crippen molar-refractivity contribution in [2.24, 2.45) is 0 Å². The highest BCUT2D eigenvalue weighted by molar-refractivity contribution is 5.91. The van der Waals surface area contributed by atoms with E-state index in [9.17, 15) is 9.59 Å². The molecule has 0 saturated carbocycles. The fourth-order valence-electron chi connectivity index (χ4n) is 3.64. The van der Waals surface area contributed by atoms with Crippen LogP contribution in [0, 0.1) is 13.8 Å². The summed E-state index contributed by atoms with van der Waals surface area (Å²) in [6.45, 7) is 4.14. The molecule has 0 unspecified atom stereocenters. The lowest BCUT2D eigenvalue weighted by Gasteiger charge is -2.18. The van der Waals surface area contributed by atoms with Crippen molar-refractivity contribution in [3.63, 3.8) is 0 Å². The van der Waals surface area contributed by atoms with E-state index >= 15 is 0 Å². The molecule has 2 aliphatic heterocycles. The molecule has 0 N–H and O–H groups in total. The molecule has 0 aromatic heterocycles. The summed E-state index contributed by atoms with van der Waals surface area (Å²) in [4.78, 5) is 24.9. The lowest BCUT2D eigenvalue weighted by atomic mass is 10.1. The highest BCUT2D eigenvalue weighted by Gasteiger charge is 2.51. The average molecular weight is 382 g/mol. The second-order valence-corrected chi connectivity index (χ2v) is 7.11. The van der Waals surface area contributed by atoms with E-state index in [1.165, 1.54) is 0 Å². The number of rotatable bonds is 4. The third-order valence-corrected chi connectivity index (χ3v) is 5.21. The Morgan fingerprint density at radius 2 is 1.14 bits per heavy atom. The van der Waals surface area contributed by atoms with Crippen molar-refractivity contribution >= 4 is 11.9 Å². The van der Waals surface area contributed by atoms with Gasteiger partial charge in [-0.3, -0.25) is 0 Å². The number of hydrogen-bond donors (Lipinski definition) is 0. The summed E-state index contributed by atoms with van der Waals surface area (Å²) in [5.74, 6) is -0.812. The van der Waals surface area contributed by atoms with Gasteiger partial charge in [0, 0.05) is 0 Å². The quantitative estimate of drug-likeness (QED) is 0.758. The lowest BCUT2D eigenvalue weighted by Crippen LogP contribution is -2.36. The zero-order valence-corrected chi connectivity index (χ0v) is 15.8. The fraction of sp³-hybridized carbons (Fsp3) is 0.364. The standard InChI is InChI=1S/C22H22O6/c1-13-7-3-5-9-15(13)21(23)27-17-11-25-20-18(12-26-19(17)20)28-22(24)16-10-6-4-8-14(16)2/h3-10,17-20H,11-12H2,1-2H3/t17-,18+,19-,20-/m1/s1. The van der Waals surface area contributed by atoms with Gasteiger partial charge in [0.15, 0.2) is 12.2 Å². The topological polar surface area (TPSA) is 71.1 Å². The van der Waals surface area contributed by atoms with Gasteiger partial charge in [0.25, 0.3) is 0 Å². The molecule has 146 valence electrons. The van der Waals surface area contributed by atoms with Crippen molar-refractivity contribution in [2.75, 3.05) is 13.2 Å². The lowest BCUT2D eigenvalue weighted by molar-refractivity contribution is -0.0288. The number of carbonyl (C=O) groups is 2. The average Bonchev–Trinajstić information content (AvgIpc) is 3.26. The first-order valence-corrected chi connectivity index (χ1v) is 9.31. The highest BCUT2D eigenvalue weighted by atomic mass is 16.7. The molecule has 0 aliphatic carbocycles. The fourth-order valence-corrected chi connectivity index (χ4v) is 3.64. The van der Waals surface area contributed by atoms with Crippen molar-refractivity contribution < 1.29 is 28.5 Å². The summed E-state index contributed by atoms with van der Waals surface area (Å²) in [5, 5.41) is 0. The molecule has 0 bridgehead atoms. The van der Waals surface area contributed by atoms with Crippen molar-refractivity contribution in [3.05, 3.63) is 70.8 Å². The molecule has 0 spiro atoms. The van der Waals surface area contributed by atoms with Crippen molar-refractivity contribution in [3.8, 4) is 0 Å². The van der Waals surface area contributed by atoms with E-state index in [1.54, 1.807) is 24.3 Å². The Balaban J connectivity index is 1.39. The zero-order valence-electron chi connectivity index (χ0n) is 15.8. The monoisotopic (exact) mass is 382 g/mol. The predicted octanol–water partition coefficient (Wildman–Crippen LogP) is 2.85. The maximum Gasteiger partial charge on any atom is 0.338 e. The molecule has 2 heterocycles. The Kier molecular flexibility index (Phi) is 5.15. The van der Waals surface area contributed by atoms with Crippen molar-refractivity contribution in [1.82, 2.24) is 0 Å². The number of hydrogen-bond acceptors (Lipinski definition) is 6. The van der Waals surface area contributed by atoms with Crippen LogP contribution in [0.3, 0.4) is 0 Å². The van der Waals surface area contributed by atoms with Gasteiger partial charge in [-0.15, -0.1) is 0 Å². The third kappa shape index (κ3) is 3.53. The van der Waals surface area contributed by atoms with Crippen LogP contribution < -0.4 is 0 Å². The zero-order chi connectivity index (χ0) is 19.7. The molecule has 2 fully saturated rings. The molecule has 2 saturated heterocycles. The number of aryl methyl sites for hydroxylation is 2. The van der Waals surface area contributed by atoms with Gasteiger partial charge in [0.2, 0.25) is 0 Å². The second kappa shape index (κ2) is 7.73. The molecular formula is C22H22O6. The Hall–Kier alpha value is -2.70. The summed E-state index contributed by atoms with van der Waals surface area (Å²) in [6, 6.07) is 14.5. The Morgan fingerprint density at radius 3 is 1.54 bits per heavy atom. The van der Waals surface area contributed by atoms with Gasteiger partial charge < -0.3 is 18.9 Å². The molecule has 2 aromatic carbocycles. The molecule has 2 aliphatic rings. The van der Waals surface area contributed by atoms with Crippen LogP contribution in [0.25, 0.3) is 0 Å². The molecule has 0 radical (unpaired) electrons. The molecule has 28 heavy (non-hydrogen) atoms. The number of ether oxygens (including phenoxy) is 4. The predicted molar refractivity (Wildman–Crippen MR) is 100 cm³/mol. The first-order valence-electron chi connectivity index (χ1n) is 9.31. The molecular weight excluding hydrogens is 360 g/mol. The van der Waals surface area contributed by atoms with Crippen LogP contribution in [0.1, 0.15) is 31.8 Å². The summed E-state index contributed by atoms with van der Waals surface area (Å²) in [6.07, 6.45) is -1.94. The number of esters is 2. The van der Waals surface area contributed by atoms with E-state index in [4.69, 9.17) is 18.9 Å². The van der Waals surface area contributed by atoms with Crippen LogP contribution in [0.5, 0.6) is 0 Å². The number of carbonyl (C=O) groups excluding carboxylic acids is 2. The van der Waals surface area contributed by atoms with E-state index in [1.807, 2.05) is 38.1 Å². The normalized spacial score (nSPS) is 25.9. The molecule has 0 amide bonds. The SMILES string of the molecule is Cc1ccccc1C(=O)O[C@H]1CO[C@H]2[C@@H]1OC[C@H]2OC(=O)c1ccccc1C. The van der Waals surface area contributed by atoms with Gasteiger partial charge in [-0.05, 0) is 37.1 Å². The van der Waals surface area contributed by atoms with Crippen LogP contribution in [0.2, 0.25) is 0 Å². The summed E-state index contributed by atoms with van der Waals surface area (Å²) >= 11 is 0. The van der Waals surface area contributed by atoms with Gasteiger partial charge in [0.1, 0.15) is 12.2 Å². The smallest absolute Gasteiger partial charge is 0.338 e. The maximum atomic E-state index is 12.5. The van der Waals surface area contributed by atoms with Crippen LogP contribution in [-0.2, 0) is 18.9 Å². The van der Waals surface area contributed by atoms with Gasteiger partial charge >= 0.3 is 11.9 Å². The largest absolute Gasteiger partial charge is 0.453 e. The third-order valence-electron chi connectivity index (χ3n) is 5.21. The van der Waals surface area contributed by atoms with Crippen LogP contribution in [0.15, 0.2) is 48.5 Å². The first kappa shape index (κ1) is 18.7. The van der Waals surface area contributed by atoms with Gasteiger partial charge in [-0.2, -0.15) is 0 Å². The van der Waals surface area contributed by atoms with Crippen LogP contribution in [-0.4, -0.2) is 49.6 Å². The number of fused-ring (bicyclic) bond motifs is 1. The molecule has 4 atom stereocenters. The molecule has 6 heteroatoms. The van der Waals surface area contributed by atoms with E-state index < -0.39 is 36.4 Å². The Labute approximate surface area is 163 Å².